The largest absolute Gasteiger partial charge is 0.466 e. The first kappa shape index (κ1) is 20.2. The molecule has 27 heavy (non-hydrogen) atoms. The van der Waals surface area contributed by atoms with E-state index in [9.17, 15) is 22.8 Å². The number of esters is 2. The highest BCUT2D eigenvalue weighted by molar-refractivity contribution is 7.90. The maximum atomic E-state index is 12.2. The smallest absolute Gasteiger partial charge is 0.355 e. The molecule has 146 valence electrons. The number of carbonyl (C=O) groups is 3. The Balaban J connectivity index is 2.45. The highest BCUT2D eigenvalue weighted by Crippen LogP contribution is 2.27. The predicted molar refractivity (Wildman–Crippen MR) is 90.7 cm³/mol. The van der Waals surface area contributed by atoms with Crippen LogP contribution in [0, 0.1) is 0 Å². The Morgan fingerprint density at radius 2 is 1.70 bits per heavy atom. The third-order valence-electron chi connectivity index (χ3n) is 3.53. The van der Waals surface area contributed by atoms with Crippen LogP contribution in [-0.2, 0) is 33.8 Å². The first-order chi connectivity index (χ1) is 12.7. The van der Waals surface area contributed by atoms with Crippen LogP contribution in [0.5, 0.6) is 0 Å². The summed E-state index contributed by atoms with van der Waals surface area (Å²) in [4.78, 5) is 36.0. The summed E-state index contributed by atoms with van der Waals surface area (Å²) >= 11 is 0. The van der Waals surface area contributed by atoms with Crippen LogP contribution in [-0.4, -0.2) is 53.9 Å². The molecular weight excluding hydrogens is 382 g/mol. The third-order valence-corrected chi connectivity index (χ3v) is 4.89. The average Bonchev–Trinajstić information content (AvgIpc) is 2.65. The molecule has 1 aromatic carbocycles. The van der Waals surface area contributed by atoms with Crippen molar-refractivity contribution in [2.45, 2.75) is 4.90 Å². The van der Waals surface area contributed by atoms with Crippen LogP contribution in [0.1, 0.15) is 0 Å². The van der Waals surface area contributed by atoms with Crippen molar-refractivity contribution >= 4 is 33.7 Å². The molecule has 2 rings (SSSR count). The molecule has 1 heterocycles. The average molecular weight is 399 g/mol. The van der Waals surface area contributed by atoms with E-state index < -0.39 is 28.0 Å². The van der Waals surface area contributed by atoms with Gasteiger partial charge in [-0.15, -0.1) is 0 Å². The lowest BCUT2D eigenvalue weighted by Gasteiger charge is -2.31. The van der Waals surface area contributed by atoms with Crippen LogP contribution in [0.4, 0.5) is 10.5 Å². The fourth-order valence-corrected chi connectivity index (χ4v) is 3.22. The molecule has 3 N–H and O–H groups in total. The second-order valence-electron chi connectivity index (χ2n) is 5.18. The zero-order chi connectivity index (χ0) is 20.2. The highest BCUT2D eigenvalue weighted by atomic mass is 32.2. The van der Waals surface area contributed by atoms with Crippen molar-refractivity contribution in [3.05, 3.63) is 35.5 Å². The summed E-state index contributed by atoms with van der Waals surface area (Å²) in [6.07, 6.45) is 0. The number of hydrogen-bond donors (Lipinski definition) is 2. The van der Waals surface area contributed by atoms with Gasteiger partial charge in [0.1, 0.15) is 12.4 Å². The second-order valence-corrected chi connectivity index (χ2v) is 6.86. The topological polar surface area (TPSA) is 154 Å². The predicted octanol–water partition coefficient (Wildman–Crippen LogP) is -0.562. The summed E-state index contributed by atoms with van der Waals surface area (Å²) in [6, 6.07) is 3.90. The Morgan fingerprint density at radius 1 is 1.11 bits per heavy atom. The number of anilines is 1. The van der Waals surface area contributed by atoms with E-state index in [2.05, 4.69) is 4.74 Å². The number of hydrogen-bond acceptors (Lipinski definition) is 9. The van der Waals surface area contributed by atoms with Crippen LogP contribution in [0.25, 0.3) is 0 Å². The van der Waals surface area contributed by atoms with Gasteiger partial charge in [0, 0.05) is 5.69 Å². The van der Waals surface area contributed by atoms with Crippen molar-refractivity contribution in [1.82, 2.24) is 4.72 Å². The number of amides is 2. The van der Waals surface area contributed by atoms with Crippen molar-refractivity contribution in [3.63, 3.8) is 0 Å². The van der Waals surface area contributed by atoms with Crippen LogP contribution in [0.2, 0.25) is 0 Å². The molecule has 0 fully saturated rings. The molecule has 0 aromatic heterocycles. The van der Waals surface area contributed by atoms with Gasteiger partial charge in [-0.1, -0.05) is 0 Å². The van der Waals surface area contributed by atoms with Gasteiger partial charge in [0.15, 0.2) is 0 Å². The van der Waals surface area contributed by atoms with Gasteiger partial charge in [-0.25, -0.2) is 27.5 Å². The Bertz CT molecular complexity index is 892. The lowest BCUT2D eigenvalue weighted by Crippen LogP contribution is -2.38. The van der Waals surface area contributed by atoms with E-state index in [1.807, 2.05) is 0 Å². The normalized spacial score (nSPS) is 14.5. The summed E-state index contributed by atoms with van der Waals surface area (Å²) in [5.74, 6) is -1.55. The van der Waals surface area contributed by atoms with E-state index in [0.29, 0.717) is 5.69 Å². The molecule has 2 amide bonds. The second kappa shape index (κ2) is 8.05. The van der Waals surface area contributed by atoms with Crippen molar-refractivity contribution in [2.75, 3.05) is 32.5 Å². The highest BCUT2D eigenvalue weighted by Gasteiger charge is 2.32. The first-order valence-corrected chi connectivity index (χ1v) is 8.87. The number of nitrogens with zero attached hydrogens (tertiary/aromatic N) is 1. The molecule has 12 heteroatoms. The van der Waals surface area contributed by atoms with Gasteiger partial charge in [0.25, 0.3) is 10.0 Å². The van der Waals surface area contributed by atoms with E-state index in [-0.39, 0.29) is 29.5 Å². The van der Waals surface area contributed by atoms with E-state index in [1.54, 1.807) is 4.72 Å². The standard InChI is InChI=1S/C15H17N3O8S/c1-24-13(19)11-7-26-8-18(12(11)14(20)25-2)9-3-5-10(6-4-9)27(22,23)17-15(16)21/h3-6H,7-8H2,1-2H3,(H3,16,17,21). The first-order valence-electron chi connectivity index (χ1n) is 7.38. The van der Waals surface area contributed by atoms with Crippen molar-refractivity contribution in [3.8, 4) is 0 Å². The van der Waals surface area contributed by atoms with Crippen molar-refractivity contribution in [2.24, 2.45) is 5.73 Å². The van der Waals surface area contributed by atoms with Gasteiger partial charge in [-0.3, -0.25) is 0 Å². The number of ether oxygens (including phenoxy) is 3. The molecular formula is C15H17N3O8S. The molecule has 0 bridgehead atoms. The summed E-state index contributed by atoms with van der Waals surface area (Å²) in [6.45, 7) is -0.237. The SMILES string of the molecule is COC(=O)C1=C(C(=O)OC)N(c2ccc(S(=O)(=O)NC(N)=O)cc2)COC1. The number of urea groups is 1. The molecule has 0 aliphatic carbocycles. The zero-order valence-electron chi connectivity index (χ0n) is 14.4. The zero-order valence-corrected chi connectivity index (χ0v) is 15.2. The fraction of sp³-hybridized carbons (Fsp3) is 0.267. The lowest BCUT2D eigenvalue weighted by atomic mass is 10.1. The number of carbonyl (C=O) groups excluding carboxylic acids is 3. The monoisotopic (exact) mass is 399 g/mol. The maximum Gasteiger partial charge on any atom is 0.355 e. The molecule has 1 aliphatic heterocycles. The van der Waals surface area contributed by atoms with E-state index in [4.69, 9.17) is 15.2 Å². The summed E-state index contributed by atoms with van der Waals surface area (Å²) in [5, 5.41) is 0. The van der Waals surface area contributed by atoms with Gasteiger partial charge in [-0.2, -0.15) is 0 Å². The molecule has 1 aliphatic rings. The van der Waals surface area contributed by atoms with Gasteiger partial charge in [0.2, 0.25) is 0 Å². The van der Waals surface area contributed by atoms with Crippen LogP contribution in [0.15, 0.2) is 40.4 Å². The number of nitrogens with two attached hydrogens (primary N) is 1. The Kier molecular flexibility index (Phi) is 6.02. The number of nitrogens with one attached hydrogen (secondary N) is 1. The van der Waals surface area contributed by atoms with Crippen molar-refractivity contribution < 1.29 is 37.0 Å². The van der Waals surface area contributed by atoms with Crippen molar-refractivity contribution in [1.29, 1.82) is 0 Å². The number of benzene rings is 1. The van der Waals surface area contributed by atoms with E-state index >= 15 is 0 Å². The minimum absolute atomic E-state index is 0.0392. The minimum Gasteiger partial charge on any atom is -0.466 e. The number of rotatable bonds is 5. The molecule has 0 unspecified atom stereocenters. The van der Waals surface area contributed by atoms with Crippen LogP contribution in [0.3, 0.4) is 0 Å². The van der Waals surface area contributed by atoms with Crippen LogP contribution < -0.4 is 15.4 Å². The summed E-state index contributed by atoms with van der Waals surface area (Å²) in [7, 11) is -1.80. The van der Waals surface area contributed by atoms with E-state index in [0.717, 1.165) is 14.2 Å². The molecule has 0 radical (unpaired) electrons. The fourth-order valence-electron chi connectivity index (χ4n) is 2.34. The molecule has 11 nitrogen and oxygen atoms in total. The van der Waals surface area contributed by atoms with Gasteiger partial charge < -0.3 is 24.8 Å². The van der Waals surface area contributed by atoms with E-state index in [1.165, 1.54) is 29.2 Å². The molecule has 0 saturated heterocycles. The Labute approximate surface area is 154 Å². The molecule has 0 saturated carbocycles. The summed E-state index contributed by atoms with van der Waals surface area (Å²) < 4.78 is 40.2. The minimum atomic E-state index is -4.12. The molecule has 1 aromatic rings. The quantitative estimate of drug-likeness (QED) is 0.620. The van der Waals surface area contributed by atoms with Gasteiger partial charge in [-0.05, 0) is 24.3 Å². The third kappa shape index (κ3) is 4.35. The number of methoxy groups -OCH3 is 2. The number of primary amides is 1. The molecule has 0 spiro atoms. The van der Waals surface area contributed by atoms with Gasteiger partial charge >= 0.3 is 18.0 Å². The Morgan fingerprint density at radius 3 is 2.22 bits per heavy atom. The maximum absolute atomic E-state index is 12.2. The summed E-state index contributed by atoms with van der Waals surface area (Å²) in [5.41, 5.74) is 5.05. The van der Waals surface area contributed by atoms with Gasteiger partial charge in [0.05, 0.1) is 31.3 Å². The lowest BCUT2D eigenvalue weighted by molar-refractivity contribution is -0.140. The molecule has 0 atom stereocenters. The number of sulfonamides is 1. The Hall–Kier alpha value is -3.12. The van der Waals surface area contributed by atoms with Crippen LogP contribution >= 0.6 is 0 Å².